The summed E-state index contributed by atoms with van der Waals surface area (Å²) in [5.41, 5.74) is 1.00. The number of hydrogen-bond donors (Lipinski definition) is 2. The van der Waals surface area contributed by atoms with E-state index < -0.39 is 0 Å². The van der Waals surface area contributed by atoms with Crippen molar-refractivity contribution >= 4 is 5.82 Å². The van der Waals surface area contributed by atoms with Crippen molar-refractivity contribution in [3.05, 3.63) is 11.8 Å². The van der Waals surface area contributed by atoms with Crippen molar-refractivity contribution in [1.82, 2.24) is 9.78 Å². The first-order valence-electron chi connectivity index (χ1n) is 5.21. The Morgan fingerprint density at radius 3 is 3.00 bits per heavy atom. The maximum atomic E-state index is 8.87. The molecule has 0 saturated heterocycles. The fourth-order valence-corrected chi connectivity index (χ4v) is 1.69. The fourth-order valence-electron chi connectivity index (χ4n) is 1.69. The highest BCUT2D eigenvalue weighted by Gasteiger charge is 2.18. The second-order valence-electron chi connectivity index (χ2n) is 3.89. The number of nitrogens with one attached hydrogen (secondary N) is 1. The average Bonchev–Trinajstić information content (AvgIpc) is 2.40. The molecule has 0 unspecified atom stereocenters. The number of aryl methyl sites for hydroxylation is 1. The first-order chi connectivity index (χ1) is 6.79. The Balaban J connectivity index is 2.05. The number of aliphatic hydroxyl groups is 1. The first-order valence-corrected chi connectivity index (χ1v) is 5.21. The van der Waals surface area contributed by atoms with E-state index in [1.807, 2.05) is 17.7 Å². The standard InChI is InChI=1S/C10H17N3O/c1-8-7-10(11-9-3-2-4-9)13(12-8)5-6-14/h7,9,11,14H,2-6H2,1H3. The molecule has 1 saturated carbocycles. The molecular formula is C10H17N3O. The van der Waals surface area contributed by atoms with Crippen molar-refractivity contribution < 1.29 is 5.11 Å². The molecule has 1 aromatic heterocycles. The van der Waals surface area contributed by atoms with Gasteiger partial charge in [0.1, 0.15) is 5.82 Å². The molecule has 4 heteroatoms. The SMILES string of the molecule is Cc1cc(NC2CCC2)n(CCO)n1. The normalized spacial score (nSPS) is 16.7. The third-order valence-electron chi connectivity index (χ3n) is 2.67. The fraction of sp³-hybridized carbons (Fsp3) is 0.700. The van der Waals surface area contributed by atoms with Crippen LogP contribution in [0.15, 0.2) is 6.07 Å². The minimum absolute atomic E-state index is 0.139. The van der Waals surface area contributed by atoms with Gasteiger partial charge >= 0.3 is 0 Å². The molecule has 1 aliphatic rings. The molecule has 0 radical (unpaired) electrons. The quantitative estimate of drug-likeness (QED) is 0.757. The van der Waals surface area contributed by atoms with Gasteiger partial charge < -0.3 is 10.4 Å². The number of rotatable bonds is 4. The van der Waals surface area contributed by atoms with Crippen LogP contribution in [-0.2, 0) is 6.54 Å². The molecular weight excluding hydrogens is 178 g/mol. The smallest absolute Gasteiger partial charge is 0.124 e. The molecule has 4 nitrogen and oxygen atoms in total. The molecule has 1 aliphatic carbocycles. The van der Waals surface area contributed by atoms with E-state index in [0.29, 0.717) is 12.6 Å². The van der Waals surface area contributed by atoms with Gasteiger partial charge in [0.25, 0.3) is 0 Å². The van der Waals surface area contributed by atoms with Crippen molar-refractivity contribution in [3.63, 3.8) is 0 Å². The lowest BCUT2D eigenvalue weighted by Gasteiger charge is -2.27. The minimum atomic E-state index is 0.139. The van der Waals surface area contributed by atoms with E-state index in [9.17, 15) is 0 Å². The van der Waals surface area contributed by atoms with Crippen LogP contribution in [0.25, 0.3) is 0 Å². The summed E-state index contributed by atoms with van der Waals surface area (Å²) in [5, 5.41) is 16.6. The van der Waals surface area contributed by atoms with Crippen LogP contribution >= 0.6 is 0 Å². The van der Waals surface area contributed by atoms with Crippen LogP contribution in [0.2, 0.25) is 0 Å². The molecule has 1 heterocycles. The second kappa shape index (κ2) is 4.00. The van der Waals surface area contributed by atoms with Gasteiger partial charge in [0, 0.05) is 12.1 Å². The molecule has 0 aromatic carbocycles. The van der Waals surface area contributed by atoms with Gasteiger partial charge in [-0.05, 0) is 26.2 Å². The molecule has 0 aliphatic heterocycles. The summed E-state index contributed by atoms with van der Waals surface area (Å²) in [7, 11) is 0. The zero-order valence-electron chi connectivity index (χ0n) is 8.53. The topological polar surface area (TPSA) is 50.1 Å². The van der Waals surface area contributed by atoms with Gasteiger partial charge in [0.2, 0.25) is 0 Å². The third-order valence-corrected chi connectivity index (χ3v) is 2.67. The van der Waals surface area contributed by atoms with Crippen molar-refractivity contribution in [2.24, 2.45) is 0 Å². The van der Waals surface area contributed by atoms with Crippen molar-refractivity contribution in [1.29, 1.82) is 0 Å². The van der Waals surface area contributed by atoms with E-state index in [1.165, 1.54) is 19.3 Å². The van der Waals surface area contributed by atoms with Crippen LogP contribution in [0, 0.1) is 6.92 Å². The Hall–Kier alpha value is -1.03. The van der Waals surface area contributed by atoms with E-state index in [1.54, 1.807) is 0 Å². The largest absolute Gasteiger partial charge is 0.394 e. The molecule has 2 N–H and O–H groups in total. The Morgan fingerprint density at radius 1 is 1.64 bits per heavy atom. The summed E-state index contributed by atoms with van der Waals surface area (Å²) in [6.07, 6.45) is 3.83. The molecule has 14 heavy (non-hydrogen) atoms. The first kappa shape index (κ1) is 9.52. The molecule has 0 amide bonds. The van der Waals surface area contributed by atoms with Crippen molar-refractivity contribution in [2.45, 2.75) is 38.8 Å². The predicted octanol–water partition coefficient (Wildman–Crippen LogP) is 1.15. The van der Waals surface area contributed by atoms with Gasteiger partial charge in [-0.25, -0.2) is 4.68 Å². The average molecular weight is 195 g/mol. The highest BCUT2D eigenvalue weighted by atomic mass is 16.3. The van der Waals surface area contributed by atoms with E-state index in [0.717, 1.165) is 11.5 Å². The zero-order valence-corrected chi connectivity index (χ0v) is 8.53. The molecule has 0 spiro atoms. The zero-order chi connectivity index (χ0) is 9.97. The van der Waals surface area contributed by atoms with Gasteiger partial charge in [-0.1, -0.05) is 0 Å². The summed E-state index contributed by atoms with van der Waals surface area (Å²) in [4.78, 5) is 0. The van der Waals surface area contributed by atoms with Crippen LogP contribution in [0.3, 0.4) is 0 Å². The van der Waals surface area contributed by atoms with E-state index in [4.69, 9.17) is 5.11 Å². The summed E-state index contributed by atoms with van der Waals surface area (Å²) < 4.78 is 1.84. The predicted molar refractivity (Wildman–Crippen MR) is 55.3 cm³/mol. The summed E-state index contributed by atoms with van der Waals surface area (Å²) in [6, 6.07) is 2.65. The number of nitrogens with zero attached hydrogens (tertiary/aromatic N) is 2. The summed E-state index contributed by atoms with van der Waals surface area (Å²) in [6.45, 7) is 2.68. The van der Waals surface area contributed by atoms with Crippen LogP contribution in [0.1, 0.15) is 25.0 Å². The number of anilines is 1. The van der Waals surface area contributed by atoms with Crippen molar-refractivity contribution in [3.8, 4) is 0 Å². The Labute approximate surface area is 83.9 Å². The molecule has 2 rings (SSSR count). The highest BCUT2D eigenvalue weighted by Crippen LogP contribution is 2.23. The number of hydrogen-bond acceptors (Lipinski definition) is 3. The highest BCUT2D eigenvalue weighted by molar-refractivity contribution is 5.38. The summed E-state index contributed by atoms with van der Waals surface area (Å²) >= 11 is 0. The summed E-state index contributed by atoms with van der Waals surface area (Å²) in [5.74, 6) is 1.04. The second-order valence-corrected chi connectivity index (χ2v) is 3.89. The van der Waals surface area contributed by atoms with Crippen LogP contribution in [0.5, 0.6) is 0 Å². The Morgan fingerprint density at radius 2 is 2.43 bits per heavy atom. The number of aliphatic hydroxyl groups excluding tert-OH is 1. The van der Waals surface area contributed by atoms with Gasteiger partial charge in [-0.2, -0.15) is 5.10 Å². The Bertz CT molecular complexity index is 304. The maximum Gasteiger partial charge on any atom is 0.124 e. The van der Waals surface area contributed by atoms with Gasteiger partial charge in [0.05, 0.1) is 18.8 Å². The monoisotopic (exact) mass is 195 g/mol. The lowest BCUT2D eigenvalue weighted by Crippen LogP contribution is -2.28. The van der Waals surface area contributed by atoms with Crippen LogP contribution in [-0.4, -0.2) is 27.5 Å². The lowest BCUT2D eigenvalue weighted by atomic mass is 9.93. The van der Waals surface area contributed by atoms with Crippen LogP contribution < -0.4 is 5.32 Å². The molecule has 78 valence electrons. The van der Waals surface area contributed by atoms with Crippen molar-refractivity contribution in [2.75, 3.05) is 11.9 Å². The minimum Gasteiger partial charge on any atom is -0.394 e. The molecule has 0 bridgehead atoms. The van der Waals surface area contributed by atoms with E-state index in [2.05, 4.69) is 10.4 Å². The third kappa shape index (κ3) is 1.90. The van der Waals surface area contributed by atoms with Gasteiger partial charge in [-0.15, -0.1) is 0 Å². The lowest BCUT2D eigenvalue weighted by molar-refractivity contribution is 0.269. The molecule has 1 aromatic rings. The maximum absolute atomic E-state index is 8.87. The molecule has 0 atom stereocenters. The van der Waals surface area contributed by atoms with E-state index >= 15 is 0 Å². The Kier molecular flexibility index (Phi) is 2.72. The van der Waals surface area contributed by atoms with Gasteiger partial charge in [0.15, 0.2) is 0 Å². The molecule has 1 fully saturated rings. The van der Waals surface area contributed by atoms with Gasteiger partial charge in [-0.3, -0.25) is 0 Å². The number of aromatic nitrogens is 2. The van der Waals surface area contributed by atoms with Crippen LogP contribution in [0.4, 0.5) is 5.82 Å². The van der Waals surface area contributed by atoms with E-state index in [-0.39, 0.29) is 6.61 Å².